The van der Waals surface area contributed by atoms with Gasteiger partial charge in [-0.05, 0) is 24.1 Å². The third-order valence-electron chi connectivity index (χ3n) is 2.56. The summed E-state index contributed by atoms with van der Waals surface area (Å²) >= 11 is 8.83. The van der Waals surface area contributed by atoms with Crippen molar-refractivity contribution >= 4 is 40.4 Å². The minimum atomic E-state index is -0.306. The van der Waals surface area contributed by atoms with Gasteiger partial charge in [-0.3, -0.25) is 10.1 Å². The van der Waals surface area contributed by atoms with Crippen molar-refractivity contribution in [3.63, 3.8) is 0 Å². The molecule has 0 bridgehead atoms. The predicted molar refractivity (Wildman–Crippen MR) is 81.4 cm³/mol. The van der Waals surface area contributed by atoms with Crippen molar-refractivity contribution in [3.05, 3.63) is 55.9 Å². The Bertz CT molecular complexity index is 581. The standard InChI is InChI=1S/C13H12ClNO2S2/c1-2-11-7-12(15(16)17)13(19-11)18-8-9-3-5-10(14)6-4-9/h3-7H,2,8H2,1H3. The normalized spacial score (nSPS) is 10.6. The molecule has 0 spiro atoms. The molecule has 6 heteroatoms. The van der Waals surface area contributed by atoms with E-state index in [-0.39, 0.29) is 10.6 Å². The lowest BCUT2D eigenvalue weighted by Gasteiger charge is -2.00. The molecule has 0 radical (unpaired) electrons. The van der Waals surface area contributed by atoms with E-state index < -0.39 is 0 Å². The quantitative estimate of drug-likeness (QED) is 0.435. The van der Waals surface area contributed by atoms with Crippen LogP contribution in [0.3, 0.4) is 0 Å². The summed E-state index contributed by atoms with van der Waals surface area (Å²) in [4.78, 5) is 11.7. The maximum absolute atomic E-state index is 11.0. The first-order chi connectivity index (χ1) is 9.10. The minimum Gasteiger partial charge on any atom is -0.258 e. The van der Waals surface area contributed by atoms with E-state index in [0.29, 0.717) is 10.8 Å². The van der Waals surface area contributed by atoms with Crippen molar-refractivity contribution in [2.24, 2.45) is 0 Å². The van der Waals surface area contributed by atoms with Gasteiger partial charge in [0.25, 0.3) is 5.69 Å². The van der Waals surface area contributed by atoms with Crippen LogP contribution in [0.1, 0.15) is 17.4 Å². The summed E-state index contributed by atoms with van der Waals surface area (Å²) in [7, 11) is 0. The number of rotatable bonds is 5. The van der Waals surface area contributed by atoms with Crippen LogP contribution in [0.15, 0.2) is 34.5 Å². The molecule has 2 rings (SSSR count). The zero-order valence-corrected chi connectivity index (χ0v) is 12.6. The van der Waals surface area contributed by atoms with E-state index in [1.807, 2.05) is 31.2 Å². The number of thioether (sulfide) groups is 1. The second-order valence-electron chi connectivity index (χ2n) is 3.91. The van der Waals surface area contributed by atoms with Crippen LogP contribution < -0.4 is 0 Å². The second-order valence-corrected chi connectivity index (χ2v) is 6.73. The van der Waals surface area contributed by atoms with Crippen molar-refractivity contribution in [1.29, 1.82) is 0 Å². The molecule has 0 aliphatic heterocycles. The molecule has 100 valence electrons. The molecule has 0 saturated carbocycles. The third kappa shape index (κ3) is 3.72. The average Bonchev–Trinajstić information content (AvgIpc) is 2.81. The number of halogens is 1. The fraction of sp³-hybridized carbons (Fsp3) is 0.231. The van der Waals surface area contributed by atoms with Gasteiger partial charge in [0.15, 0.2) is 0 Å². The molecule has 0 atom stereocenters. The second kappa shape index (κ2) is 6.41. The third-order valence-corrected chi connectivity index (χ3v) is 5.43. The summed E-state index contributed by atoms with van der Waals surface area (Å²) in [5.41, 5.74) is 1.33. The molecule has 3 nitrogen and oxygen atoms in total. The zero-order valence-electron chi connectivity index (χ0n) is 10.3. The lowest BCUT2D eigenvalue weighted by Crippen LogP contribution is -1.87. The summed E-state index contributed by atoms with van der Waals surface area (Å²) in [6.45, 7) is 2.00. The highest BCUT2D eigenvalue weighted by atomic mass is 35.5. The molecule has 2 aromatic rings. The SMILES string of the molecule is CCc1cc([N+](=O)[O-])c(SCc2ccc(Cl)cc2)s1. The molecular weight excluding hydrogens is 302 g/mol. The molecule has 1 aromatic heterocycles. The zero-order chi connectivity index (χ0) is 13.8. The Kier molecular flexibility index (Phi) is 4.85. The maximum atomic E-state index is 11.0. The van der Waals surface area contributed by atoms with Gasteiger partial charge in [0.05, 0.1) is 4.92 Å². The number of aryl methyl sites for hydroxylation is 1. The molecule has 1 aromatic carbocycles. The Morgan fingerprint density at radius 3 is 2.63 bits per heavy atom. The van der Waals surface area contributed by atoms with E-state index in [1.165, 1.54) is 23.1 Å². The highest BCUT2D eigenvalue weighted by Crippen LogP contribution is 2.39. The predicted octanol–water partition coefficient (Wildman–Crippen LogP) is 5.16. The van der Waals surface area contributed by atoms with Gasteiger partial charge in [-0.2, -0.15) is 0 Å². The molecule has 0 amide bonds. The fourth-order valence-electron chi connectivity index (χ4n) is 1.55. The molecule has 19 heavy (non-hydrogen) atoms. The topological polar surface area (TPSA) is 43.1 Å². The van der Waals surface area contributed by atoms with Crippen LogP contribution >= 0.6 is 34.7 Å². The van der Waals surface area contributed by atoms with Crippen LogP contribution in [-0.2, 0) is 12.2 Å². The van der Waals surface area contributed by atoms with E-state index in [0.717, 1.165) is 21.1 Å². The number of nitrogens with zero attached hydrogens (tertiary/aromatic N) is 1. The lowest BCUT2D eigenvalue weighted by molar-refractivity contribution is -0.387. The minimum absolute atomic E-state index is 0.223. The molecular formula is C13H12ClNO2S2. The van der Waals surface area contributed by atoms with Gasteiger partial charge in [0.1, 0.15) is 4.21 Å². The first kappa shape index (κ1) is 14.4. The molecule has 0 aliphatic carbocycles. The van der Waals surface area contributed by atoms with Crippen LogP contribution in [0.4, 0.5) is 5.69 Å². The van der Waals surface area contributed by atoms with Gasteiger partial charge >= 0.3 is 0 Å². The van der Waals surface area contributed by atoms with Crippen LogP contribution in [-0.4, -0.2) is 4.92 Å². The highest BCUT2D eigenvalue weighted by molar-refractivity contribution is 8.00. The van der Waals surface area contributed by atoms with Crippen LogP contribution in [0.2, 0.25) is 5.02 Å². The molecule has 0 N–H and O–H groups in total. The van der Waals surface area contributed by atoms with Gasteiger partial charge < -0.3 is 0 Å². The summed E-state index contributed by atoms with van der Waals surface area (Å²) in [6, 6.07) is 9.22. The first-order valence-electron chi connectivity index (χ1n) is 5.74. The number of benzene rings is 1. The lowest BCUT2D eigenvalue weighted by atomic mass is 10.2. The average molecular weight is 314 g/mol. The first-order valence-corrected chi connectivity index (χ1v) is 7.92. The van der Waals surface area contributed by atoms with Crippen molar-refractivity contribution in [1.82, 2.24) is 0 Å². The summed E-state index contributed by atoms with van der Waals surface area (Å²) in [5, 5.41) is 11.7. The van der Waals surface area contributed by atoms with Gasteiger partial charge in [0, 0.05) is 21.7 Å². The summed E-state index contributed by atoms with van der Waals surface area (Å²) < 4.78 is 0.775. The highest BCUT2D eigenvalue weighted by Gasteiger charge is 2.18. The van der Waals surface area contributed by atoms with E-state index in [1.54, 1.807) is 6.07 Å². The molecule has 0 unspecified atom stereocenters. The van der Waals surface area contributed by atoms with Crippen molar-refractivity contribution in [2.45, 2.75) is 23.3 Å². The van der Waals surface area contributed by atoms with Gasteiger partial charge in [-0.15, -0.1) is 23.1 Å². The number of nitro groups is 1. The summed E-state index contributed by atoms with van der Waals surface area (Å²) in [6.07, 6.45) is 0.826. The molecule has 1 heterocycles. The van der Waals surface area contributed by atoms with Gasteiger partial charge in [-0.1, -0.05) is 30.7 Å². The van der Waals surface area contributed by atoms with E-state index in [2.05, 4.69) is 0 Å². The van der Waals surface area contributed by atoms with Crippen molar-refractivity contribution < 1.29 is 4.92 Å². The monoisotopic (exact) mass is 313 g/mol. The van der Waals surface area contributed by atoms with Crippen LogP contribution in [0, 0.1) is 10.1 Å². The van der Waals surface area contributed by atoms with E-state index in [4.69, 9.17) is 11.6 Å². The van der Waals surface area contributed by atoms with E-state index >= 15 is 0 Å². The fourth-order valence-corrected chi connectivity index (χ4v) is 3.97. The molecule has 0 fully saturated rings. The Morgan fingerprint density at radius 2 is 2.05 bits per heavy atom. The smallest absolute Gasteiger partial charge is 0.258 e. The molecule has 0 saturated heterocycles. The number of hydrogen-bond acceptors (Lipinski definition) is 4. The maximum Gasteiger partial charge on any atom is 0.293 e. The van der Waals surface area contributed by atoms with Crippen LogP contribution in [0.25, 0.3) is 0 Å². The Balaban J connectivity index is 2.12. The number of thiophene rings is 1. The Morgan fingerprint density at radius 1 is 1.37 bits per heavy atom. The van der Waals surface area contributed by atoms with Crippen LogP contribution in [0.5, 0.6) is 0 Å². The Hall–Kier alpha value is -1.04. The molecule has 0 aliphatic rings. The van der Waals surface area contributed by atoms with Crippen molar-refractivity contribution in [3.8, 4) is 0 Å². The largest absolute Gasteiger partial charge is 0.293 e. The Labute approximate surface area is 124 Å². The van der Waals surface area contributed by atoms with Crippen molar-refractivity contribution in [2.75, 3.05) is 0 Å². The van der Waals surface area contributed by atoms with Gasteiger partial charge in [0.2, 0.25) is 0 Å². The van der Waals surface area contributed by atoms with Gasteiger partial charge in [-0.25, -0.2) is 0 Å². The number of hydrogen-bond donors (Lipinski definition) is 0. The summed E-state index contributed by atoms with van der Waals surface area (Å²) in [5.74, 6) is 0.710. The van der Waals surface area contributed by atoms with E-state index in [9.17, 15) is 10.1 Å².